The summed E-state index contributed by atoms with van der Waals surface area (Å²) < 4.78 is 0. The average molecular weight is 261 g/mol. The standard InChI is InChI=1S/C16H27N3/c1-4-13(2)11-19(3)12-16-7-5-6-15(18-16)10-17-14-8-9-14/h5-7,13-14,17H,4,8-12H2,1-3H3. The lowest BCUT2D eigenvalue weighted by Gasteiger charge is -2.20. The van der Waals surface area contributed by atoms with Gasteiger partial charge in [0.25, 0.3) is 0 Å². The van der Waals surface area contributed by atoms with Crippen molar-refractivity contribution >= 4 is 0 Å². The van der Waals surface area contributed by atoms with Gasteiger partial charge in [-0.25, -0.2) is 0 Å². The van der Waals surface area contributed by atoms with Crippen LogP contribution in [0.4, 0.5) is 0 Å². The Morgan fingerprint density at radius 1 is 1.37 bits per heavy atom. The maximum Gasteiger partial charge on any atom is 0.0547 e. The molecule has 1 aliphatic carbocycles. The molecule has 0 bridgehead atoms. The largest absolute Gasteiger partial charge is 0.308 e. The molecule has 106 valence electrons. The van der Waals surface area contributed by atoms with Gasteiger partial charge >= 0.3 is 0 Å². The van der Waals surface area contributed by atoms with Crippen molar-refractivity contribution in [3.8, 4) is 0 Å². The molecule has 1 aromatic rings. The summed E-state index contributed by atoms with van der Waals surface area (Å²) in [6.07, 6.45) is 3.90. The number of aromatic nitrogens is 1. The molecule has 1 N–H and O–H groups in total. The van der Waals surface area contributed by atoms with Crippen LogP contribution in [0, 0.1) is 5.92 Å². The fourth-order valence-electron chi connectivity index (χ4n) is 2.25. The first-order chi connectivity index (χ1) is 9.17. The van der Waals surface area contributed by atoms with Gasteiger partial charge in [-0.3, -0.25) is 4.98 Å². The van der Waals surface area contributed by atoms with Gasteiger partial charge in [-0.15, -0.1) is 0 Å². The van der Waals surface area contributed by atoms with Gasteiger partial charge in [-0.1, -0.05) is 26.3 Å². The molecule has 3 heteroatoms. The molecule has 19 heavy (non-hydrogen) atoms. The topological polar surface area (TPSA) is 28.2 Å². The molecule has 1 fully saturated rings. The molecule has 0 spiro atoms. The van der Waals surface area contributed by atoms with Crippen LogP contribution in [0.2, 0.25) is 0 Å². The van der Waals surface area contributed by atoms with Crippen LogP contribution in [-0.2, 0) is 13.1 Å². The van der Waals surface area contributed by atoms with Gasteiger partial charge in [-0.2, -0.15) is 0 Å². The molecule has 0 radical (unpaired) electrons. The molecule has 1 atom stereocenters. The summed E-state index contributed by atoms with van der Waals surface area (Å²) in [5.74, 6) is 0.754. The van der Waals surface area contributed by atoms with Crippen molar-refractivity contribution in [1.82, 2.24) is 15.2 Å². The van der Waals surface area contributed by atoms with E-state index in [1.165, 1.54) is 30.7 Å². The summed E-state index contributed by atoms with van der Waals surface area (Å²) in [5.41, 5.74) is 2.35. The van der Waals surface area contributed by atoms with E-state index < -0.39 is 0 Å². The first-order valence-corrected chi connectivity index (χ1v) is 7.54. The zero-order valence-corrected chi connectivity index (χ0v) is 12.5. The number of nitrogens with one attached hydrogen (secondary N) is 1. The van der Waals surface area contributed by atoms with Gasteiger partial charge < -0.3 is 10.2 Å². The fraction of sp³-hybridized carbons (Fsp3) is 0.688. The molecule has 1 unspecified atom stereocenters. The molecule has 0 amide bonds. The second-order valence-corrected chi connectivity index (χ2v) is 5.99. The van der Waals surface area contributed by atoms with Crippen molar-refractivity contribution in [2.75, 3.05) is 13.6 Å². The van der Waals surface area contributed by atoms with E-state index in [0.29, 0.717) is 0 Å². The van der Waals surface area contributed by atoms with Crippen molar-refractivity contribution < 1.29 is 0 Å². The van der Waals surface area contributed by atoms with E-state index >= 15 is 0 Å². The Morgan fingerprint density at radius 2 is 2.11 bits per heavy atom. The Morgan fingerprint density at radius 3 is 2.79 bits per heavy atom. The van der Waals surface area contributed by atoms with Crippen molar-refractivity contribution in [3.63, 3.8) is 0 Å². The molecule has 1 saturated carbocycles. The molecular formula is C16H27N3. The van der Waals surface area contributed by atoms with Crippen LogP contribution in [0.1, 0.15) is 44.5 Å². The highest BCUT2D eigenvalue weighted by molar-refractivity contribution is 5.11. The van der Waals surface area contributed by atoms with E-state index in [0.717, 1.165) is 31.6 Å². The Bertz CT molecular complexity index is 387. The van der Waals surface area contributed by atoms with E-state index in [9.17, 15) is 0 Å². The molecule has 0 aliphatic heterocycles. The number of pyridine rings is 1. The summed E-state index contributed by atoms with van der Waals surface area (Å²) in [7, 11) is 2.18. The lowest BCUT2D eigenvalue weighted by molar-refractivity contribution is 0.272. The molecule has 1 heterocycles. The highest BCUT2D eigenvalue weighted by Gasteiger charge is 2.20. The smallest absolute Gasteiger partial charge is 0.0547 e. The SMILES string of the molecule is CCC(C)CN(C)Cc1cccc(CNC2CC2)n1. The van der Waals surface area contributed by atoms with Crippen LogP contribution in [0.25, 0.3) is 0 Å². The van der Waals surface area contributed by atoms with E-state index in [2.05, 4.69) is 49.3 Å². The van der Waals surface area contributed by atoms with Gasteiger partial charge in [0.2, 0.25) is 0 Å². The third-order valence-corrected chi connectivity index (χ3v) is 3.77. The molecule has 0 aromatic carbocycles. The fourth-order valence-corrected chi connectivity index (χ4v) is 2.25. The van der Waals surface area contributed by atoms with E-state index in [4.69, 9.17) is 4.98 Å². The molecular weight excluding hydrogens is 234 g/mol. The van der Waals surface area contributed by atoms with E-state index in [-0.39, 0.29) is 0 Å². The van der Waals surface area contributed by atoms with Crippen LogP contribution in [0.5, 0.6) is 0 Å². The average Bonchev–Trinajstić information content (AvgIpc) is 3.20. The second kappa shape index (κ2) is 7.01. The lowest BCUT2D eigenvalue weighted by Crippen LogP contribution is -2.24. The minimum Gasteiger partial charge on any atom is -0.308 e. The summed E-state index contributed by atoms with van der Waals surface area (Å²) in [6, 6.07) is 7.13. The third kappa shape index (κ3) is 5.29. The van der Waals surface area contributed by atoms with Crippen LogP contribution in [0.15, 0.2) is 18.2 Å². The number of nitrogens with zero attached hydrogens (tertiary/aromatic N) is 2. The van der Waals surface area contributed by atoms with Gasteiger partial charge in [0.05, 0.1) is 11.4 Å². The van der Waals surface area contributed by atoms with Gasteiger partial charge in [0, 0.05) is 25.7 Å². The van der Waals surface area contributed by atoms with E-state index in [1.807, 2.05) is 0 Å². The molecule has 3 nitrogen and oxygen atoms in total. The maximum atomic E-state index is 4.74. The second-order valence-electron chi connectivity index (χ2n) is 5.99. The molecule has 1 aliphatic rings. The summed E-state index contributed by atoms with van der Waals surface area (Å²) in [5, 5.41) is 3.52. The van der Waals surface area contributed by atoms with Crippen LogP contribution in [0.3, 0.4) is 0 Å². The lowest BCUT2D eigenvalue weighted by atomic mass is 10.1. The van der Waals surface area contributed by atoms with E-state index in [1.54, 1.807) is 0 Å². The van der Waals surface area contributed by atoms with Crippen molar-refractivity contribution in [1.29, 1.82) is 0 Å². The van der Waals surface area contributed by atoms with Crippen molar-refractivity contribution in [3.05, 3.63) is 29.6 Å². The highest BCUT2D eigenvalue weighted by Crippen LogP contribution is 2.19. The first-order valence-electron chi connectivity index (χ1n) is 7.54. The van der Waals surface area contributed by atoms with Gasteiger partial charge in [-0.05, 0) is 37.9 Å². The number of hydrogen-bond donors (Lipinski definition) is 1. The minimum absolute atomic E-state index is 0.749. The minimum atomic E-state index is 0.749. The third-order valence-electron chi connectivity index (χ3n) is 3.77. The normalized spacial score (nSPS) is 16.8. The molecule has 2 rings (SSSR count). The molecule has 1 aromatic heterocycles. The van der Waals surface area contributed by atoms with Gasteiger partial charge in [0.15, 0.2) is 0 Å². The predicted molar refractivity (Wildman–Crippen MR) is 79.9 cm³/mol. The highest BCUT2D eigenvalue weighted by atomic mass is 15.1. The summed E-state index contributed by atoms with van der Waals surface area (Å²) in [4.78, 5) is 7.11. The Labute approximate surface area is 117 Å². The van der Waals surface area contributed by atoms with Crippen molar-refractivity contribution in [2.24, 2.45) is 5.92 Å². The number of rotatable bonds is 8. The Balaban J connectivity index is 1.83. The first kappa shape index (κ1) is 14.5. The van der Waals surface area contributed by atoms with Crippen molar-refractivity contribution in [2.45, 2.75) is 52.2 Å². The summed E-state index contributed by atoms with van der Waals surface area (Å²) in [6.45, 7) is 7.55. The van der Waals surface area contributed by atoms with Crippen LogP contribution >= 0.6 is 0 Å². The summed E-state index contributed by atoms with van der Waals surface area (Å²) >= 11 is 0. The van der Waals surface area contributed by atoms with Crippen LogP contribution in [-0.4, -0.2) is 29.5 Å². The Hall–Kier alpha value is -0.930. The maximum absolute atomic E-state index is 4.74. The number of hydrogen-bond acceptors (Lipinski definition) is 3. The zero-order valence-electron chi connectivity index (χ0n) is 12.5. The van der Waals surface area contributed by atoms with Crippen LogP contribution < -0.4 is 5.32 Å². The predicted octanol–water partition coefficient (Wildman–Crippen LogP) is 2.81. The molecule has 0 saturated heterocycles. The Kier molecular flexibility index (Phi) is 5.34. The quantitative estimate of drug-likeness (QED) is 0.780. The monoisotopic (exact) mass is 261 g/mol. The zero-order chi connectivity index (χ0) is 13.7. The van der Waals surface area contributed by atoms with Gasteiger partial charge in [0.1, 0.15) is 0 Å².